The first-order valence-corrected chi connectivity index (χ1v) is 11.3. The van der Waals surface area contributed by atoms with Crippen molar-refractivity contribution in [2.24, 2.45) is 0 Å². The van der Waals surface area contributed by atoms with Gasteiger partial charge in [0.05, 0.1) is 6.10 Å². The number of phenolic OH excluding ortho intramolecular Hbond substituents is 3. The number of hydrogen-bond donors (Lipinski definition) is 4. The number of aromatic hydroxyl groups is 3. The molecule has 1 aliphatic heterocycles. The Hall–Kier alpha value is -2.93. The van der Waals surface area contributed by atoms with Crippen molar-refractivity contribution in [1.82, 2.24) is 0 Å². The van der Waals surface area contributed by atoms with Crippen LogP contribution in [0.15, 0.2) is 30.3 Å². The molecule has 0 bridgehead atoms. The topological polar surface area (TPSA) is 116 Å². The van der Waals surface area contributed by atoms with Gasteiger partial charge in [-0.15, -0.1) is 0 Å². The largest absolute Gasteiger partial charge is 0.508 e. The van der Waals surface area contributed by atoms with E-state index in [0.29, 0.717) is 16.9 Å². The van der Waals surface area contributed by atoms with Gasteiger partial charge in [-0.05, 0) is 24.1 Å². The van der Waals surface area contributed by atoms with Crippen LogP contribution in [-0.2, 0) is 11.2 Å². The fourth-order valence-electron chi connectivity index (χ4n) is 3.94. The molecule has 0 unspecified atom stereocenters. The summed E-state index contributed by atoms with van der Waals surface area (Å²) in [6.07, 6.45) is 6.31. The SMILES string of the molecule is CCCCCCCCCC(=O)Oc1cc(O)cc2c1C[C@H](O)[C@H](c1ccc(O)c(O)c1)O2. The second-order valence-corrected chi connectivity index (χ2v) is 8.32. The van der Waals surface area contributed by atoms with Gasteiger partial charge in [0.15, 0.2) is 11.5 Å². The third kappa shape index (κ3) is 6.07. The Morgan fingerprint density at radius 3 is 2.44 bits per heavy atom. The number of benzene rings is 2. The van der Waals surface area contributed by atoms with Gasteiger partial charge in [-0.2, -0.15) is 0 Å². The third-order valence-corrected chi connectivity index (χ3v) is 5.71. The molecular weight excluding hydrogens is 412 g/mol. The monoisotopic (exact) mass is 444 g/mol. The van der Waals surface area contributed by atoms with Crippen molar-refractivity contribution >= 4 is 5.97 Å². The maximum absolute atomic E-state index is 12.3. The number of carbonyl (C=O) groups excluding carboxylic acids is 1. The lowest BCUT2D eigenvalue weighted by Crippen LogP contribution is -2.30. The van der Waals surface area contributed by atoms with E-state index in [1.807, 2.05) is 0 Å². The lowest BCUT2D eigenvalue weighted by molar-refractivity contribution is -0.134. The maximum atomic E-state index is 12.3. The van der Waals surface area contributed by atoms with E-state index in [0.717, 1.165) is 19.3 Å². The zero-order valence-corrected chi connectivity index (χ0v) is 18.4. The van der Waals surface area contributed by atoms with Gasteiger partial charge in [0.25, 0.3) is 0 Å². The fraction of sp³-hybridized carbons (Fsp3) is 0.480. The van der Waals surface area contributed by atoms with E-state index in [4.69, 9.17) is 9.47 Å². The first kappa shape index (κ1) is 23.7. The highest BCUT2D eigenvalue weighted by Gasteiger charge is 2.33. The van der Waals surface area contributed by atoms with E-state index in [1.165, 1.54) is 49.9 Å². The first-order valence-electron chi connectivity index (χ1n) is 11.3. The van der Waals surface area contributed by atoms with Crippen LogP contribution in [-0.4, -0.2) is 32.5 Å². The fourth-order valence-corrected chi connectivity index (χ4v) is 3.94. The molecule has 1 heterocycles. The minimum absolute atomic E-state index is 0.119. The predicted molar refractivity (Wildman–Crippen MR) is 119 cm³/mol. The number of unbranched alkanes of at least 4 members (excludes halogenated alkanes) is 6. The summed E-state index contributed by atoms with van der Waals surface area (Å²) in [5.41, 5.74) is 0.974. The Kier molecular flexibility index (Phi) is 8.22. The van der Waals surface area contributed by atoms with E-state index in [2.05, 4.69) is 6.92 Å². The van der Waals surface area contributed by atoms with E-state index >= 15 is 0 Å². The molecule has 1 aliphatic rings. The Morgan fingerprint density at radius 1 is 1.00 bits per heavy atom. The number of fused-ring (bicyclic) bond motifs is 1. The molecule has 0 spiro atoms. The Morgan fingerprint density at radius 2 is 1.72 bits per heavy atom. The predicted octanol–water partition coefficient (Wildman–Crippen LogP) is 4.89. The van der Waals surface area contributed by atoms with Crippen molar-refractivity contribution in [2.45, 2.75) is 76.9 Å². The van der Waals surface area contributed by atoms with E-state index in [9.17, 15) is 25.2 Å². The smallest absolute Gasteiger partial charge is 0.311 e. The van der Waals surface area contributed by atoms with Gasteiger partial charge >= 0.3 is 5.97 Å². The molecule has 0 saturated heterocycles. The number of aliphatic hydroxyl groups is 1. The number of hydrogen-bond acceptors (Lipinski definition) is 7. The highest BCUT2D eigenvalue weighted by Crippen LogP contribution is 2.43. The van der Waals surface area contributed by atoms with Crippen LogP contribution in [0.4, 0.5) is 0 Å². The van der Waals surface area contributed by atoms with E-state index in [1.54, 1.807) is 6.07 Å². The first-order chi connectivity index (χ1) is 15.4. The molecule has 2 atom stereocenters. The molecule has 0 aromatic heterocycles. The standard InChI is InChI=1S/C25H32O7/c1-2-3-4-5-6-7-8-9-24(30)31-22-13-17(26)14-23-18(22)15-21(29)25(32-23)16-10-11-19(27)20(28)12-16/h10-14,21,25-29H,2-9,15H2,1H3/t21-,25-/m0/s1. The minimum atomic E-state index is -0.975. The van der Waals surface area contributed by atoms with Crippen LogP contribution in [0.5, 0.6) is 28.7 Å². The Bertz CT molecular complexity index is 925. The molecule has 7 heteroatoms. The lowest BCUT2D eigenvalue weighted by atomic mass is 9.94. The number of rotatable bonds is 10. The summed E-state index contributed by atoms with van der Waals surface area (Å²) in [6.45, 7) is 2.18. The number of ether oxygens (including phenoxy) is 2. The zero-order chi connectivity index (χ0) is 23.1. The van der Waals surface area contributed by atoms with Crippen molar-refractivity contribution in [3.05, 3.63) is 41.5 Å². The Balaban J connectivity index is 1.63. The molecule has 2 aromatic rings. The second-order valence-electron chi connectivity index (χ2n) is 8.32. The molecular formula is C25H32O7. The molecule has 0 amide bonds. The van der Waals surface area contributed by atoms with Crippen LogP contribution in [0.2, 0.25) is 0 Å². The van der Waals surface area contributed by atoms with Gasteiger partial charge in [-0.1, -0.05) is 51.5 Å². The number of aliphatic hydroxyl groups excluding tert-OH is 1. The van der Waals surface area contributed by atoms with Crippen molar-refractivity contribution in [2.75, 3.05) is 0 Å². The van der Waals surface area contributed by atoms with E-state index in [-0.39, 0.29) is 41.8 Å². The average Bonchev–Trinajstić information content (AvgIpc) is 2.75. The second kappa shape index (κ2) is 11.1. The molecule has 0 fully saturated rings. The molecule has 4 N–H and O–H groups in total. The molecule has 0 aliphatic carbocycles. The molecule has 2 aromatic carbocycles. The summed E-state index contributed by atoms with van der Waals surface area (Å²) < 4.78 is 11.4. The van der Waals surface area contributed by atoms with Gasteiger partial charge < -0.3 is 29.9 Å². The summed E-state index contributed by atoms with van der Waals surface area (Å²) in [4.78, 5) is 12.3. The van der Waals surface area contributed by atoms with Crippen LogP contribution >= 0.6 is 0 Å². The number of carbonyl (C=O) groups is 1. The summed E-state index contributed by atoms with van der Waals surface area (Å²) >= 11 is 0. The van der Waals surface area contributed by atoms with E-state index < -0.39 is 12.2 Å². The van der Waals surface area contributed by atoms with Crippen molar-refractivity contribution in [3.63, 3.8) is 0 Å². The third-order valence-electron chi connectivity index (χ3n) is 5.71. The summed E-state index contributed by atoms with van der Waals surface area (Å²) in [5, 5.41) is 40.0. The highest BCUT2D eigenvalue weighted by molar-refractivity contribution is 5.73. The Labute approximate surface area is 188 Å². The van der Waals surface area contributed by atoms with Crippen LogP contribution in [0.1, 0.15) is 75.5 Å². The van der Waals surface area contributed by atoms with Crippen LogP contribution < -0.4 is 9.47 Å². The number of esters is 1. The van der Waals surface area contributed by atoms with Crippen molar-refractivity contribution in [3.8, 4) is 28.7 Å². The van der Waals surface area contributed by atoms with Gasteiger partial charge in [-0.25, -0.2) is 0 Å². The molecule has 7 nitrogen and oxygen atoms in total. The molecule has 3 rings (SSSR count). The normalized spacial score (nSPS) is 17.4. The van der Waals surface area contributed by atoms with Crippen LogP contribution in [0.25, 0.3) is 0 Å². The molecule has 0 radical (unpaired) electrons. The molecule has 32 heavy (non-hydrogen) atoms. The zero-order valence-electron chi connectivity index (χ0n) is 18.4. The van der Waals surface area contributed by atoms with Gasteiger partial charge in [0, 0.05) is 30.5 Å². The van der Waals surface area contributed by atoms with Crippen LogP contribution in [0.3, 0.4) is 0 Å². The average molecular weight is 445 g/mol. The van der Waals surface area contributed by atoms with Gasteiger partial charge in [-0.3, -0.25) is 4.79 Å². The summed E-state index contributed by atoms with van der Waals surface area (Å²) in [7, 11) is 0. The highest BCUT2D eigenvalue weighted by atomic mass is 16.5. The molecule has 0 saturated carbocycles. The maximum Gasteiger partial charge on any atom is 0.311 e. The lowest BCUT2D eigenvalue weighted by Gasteiger charge is -2.32. The molecule has 174 valence electrons. The van der Waals surface area contributed by atoms with Crippen LogP contribution in [0, 0.1) is 0 Å². The number of phenols is 3. The summed E-state index contributed by atoms with van der Waals surface area (Å²) in [5.74, 6) is -0.615. The van der Waals surface area contributed by atoms with Crippen molar-refractivity contribution in [1.29, 1.82) is 0 Å². The van der Waals surface area contributed by atoms with Gasteiger partial charge in [0.1, 0.15) is 23.4 Å². The van der Waals surface area contributed by atoms with Gasteiger partial charge in [0.2, 0.25) is 0 Å². The summed E-state index contributed by atoms with van der Waals surface area (Å²) in [6, 6.07) is 6.93. The minimum Gasteiger partial charge on any atom is -0.508 e. The van der Waals surface area contributed by atoms with Crippen molar-refractivity contribution < 1.29 is 34.7 Å². The quantitative estimate of drug-likeness (QED) is 0.178.